The maximum atomic E-state index is 5.69. The topological polar surface area (TPSA) is 43.8 Å². The fourth-order valence-electron chi connectivity index (χ4n) is 1.65. The number of nitrogens with two attached hydrogens (primary N) is 1. The molecule has 0 aliphatic rings. The highest BCUT2D eigenvalue weighted by molar-refractivity contribution is 7.80. The second-order valence-electron chi connectivity index (χ2n) is 3.62. The maximum Gasteiger partial charge on any atom is 0.105 e. The minimum atomic E-state index is 0.438. The van der Waals surface area contributed by atoms with Crippen LogP contribution in [0.5, 0.6) is 0 Å². The first-order chi connectivity index (χ1) is 7.68. The zero-order chi connectivity index (χ0) is 11.5. The first-order valence-electron chi connectivity index (χ1n) is 5.04. The fourth-order valence-corrected chi connectivity index (χ4v) is 1.85. The van der Waals surface area contributed by atoms with E-state index in [0.717, 1.165) is 23.5 Å². The van der Waals surface area contributed by atoms with Crippen molar-refractivity contribution in [3.8, 4) is 0 Å². The van der Waals surface area contributed by atoms with Crippen LogP contribution in [0.25, 0.3) is 0 Å². The van der Waals surface area contributed by atoms with E-state index in [2.05, 4.69) is 9.55 Å². The van der Waals surface area contributed by atoms with Crippen LogP contribution in [-0.4, -0.2) is 14.5 Å². The van der Waals surface area contributed by atoms with Gasteiger partial charge in [-0.05, 0) is 12.5 Å². The van der Waals surface area contributed by atoms with Gasteiger partial charge < -0.3 is 10.3 Å². The van der Waals surface area contributed by atoms with Crippen LogP contribution in [0.3, 0.4) is 0 Å². The molecule has 2 N–H and O–H groups in total. The van der Waals surface area contributed by atoms with Crippen molar-refractivity contribution < 1.29 is 0 Å². The SMILES string of the molecule is Cc1nccn1Cc1ccccc1C(N)=S. The Kier molecular flexibility index (Phi) is 3.01. The first-order valence-corrected chi connectivity index (χ1v) is 5.45. The van der Waals surface area contributed by atoms with E-state index in [1.54, 1.807) is 6.20 Å². The Hall–Kier alpha value is -1.68. The van der Waals surface area contributed by atoms with E-state index in [1.807, 2.05) is 37.4 Å². The number of rotatable bonds is 3. The highest BCUT2D eigenvalue weighted by Gasteiger charge is 2.05. The Bertz CT molecular complexity index is 516. The average Bonchev–Trinajstić information content (AvgIpc) is 2.65. The van der Waals surface area contributed by atoms with Crippen molar-refractivity contribution in [2.24, 2.45) is 5.73 Å². The summed E-state index contributed by atoms with van der Waals surface area (Å²) in [6.07, 6.45) is 3.74. The average molecular weight is 231 g/mol. The monoisotopic (exact) mass is 231 g/mol. The predicted molar refractivity (Wildman–Crippen MR) is 68.4 cm³/mol. The molecule has 4 heteroatoms. The molecule has 16 heavy (non-hydrogen) atoms. The van der Waals surface area contributed by atoms with Crippen LogP contribution in [0.1, 0.15) is 17.0 Å². The number of aromatic nitrogens is 2. The molecule has 0 atom stereocenters. The van der Waals surface area contributed by atoms with E-state index in [1.165, 1.54) is 0 Å². The molecule has 0 aliphatic carbocycles. The van der Waals surface area contributed by atoms with Crippen LogP contribution < -0.4 is 5.73 Å². The summed E-state index contributed by atoms with van der Waals surface area (Å²) in [7, 11) is 0. The molecule has 82 valence electrons. The van der Waals surface area contributed by atoms with E-state index in [0.29, 0.717) is 4.99 Å². The van der Waals surface area contributed by atoms with Crippen molar-refractivity contribution in [2.75, 3.05) is 0 Å². The summed E-state index contributed by atoms with van der Waals surface area (Å²) in [5.74, 6) is 0.984. The van der Waals surface area contributed by atoms with Crippen molar-refractivity contribution in [3.05, 3.63) is 53.6 Å². The van der Waals surface area contributed by atoms with Gasteiger partial charge in [0.1, 0.15) is 10.8 Å². The van der Waals surface area contributed by atoms with Gasteiger partial charge in [-0.3, -0.25) is 0 Å². The van der Waals surface area contributed by atoms with Gasteiger partial charge >= 0.3 is 0 Å². The van der Waals surface area contributed by atoms with E-state index < -0.39 is 0 Å². The quantitative estimate of drug-likeness (QED) is 0.820. The van der Waals surface area contributed by atoms with E-state index >= 15 is 0 Å². The summed E-state index contributed by atoms with van der Waals surface area (Å²) in [4.78, 5) is 4.62. The molecule has 0 amide bonds. The molecule has 2 rings (SSSR count). The number of benzene rings is 1. The summed E-state index contributed by atoms with van der Waals surface area (Å²) >= 11 is 5.03. The zero-order valence-electron chi connectivity index (χ0n) is 9.05. The summed E-state index contributed by atoms with van der Waals surface area (Å²) in [5, 5.41) is 0. The van der Waals surface area contributed by atoms with Crippen LogP contribution >= 0.6 is 12.2 Å². The highest BCUT2D eigenvalue weighted by Crippen LogP contribution is 2.11. The minimum absolute atomic E-state index is 0.438. The molecule has 0 saturated carbocycles. The Labute approximate surface area is 99.9 Å². The number of hydrogen-bond donors (Lipinski definition) is 1. The second-order valence-corrected chi connectivity index (χ2v) is 4.06. The Balaban J connectivity index is 2.35. The normalized spacial score (nSPS) is 10.3. The van der Waals surface area contributed by atoms with Gasteiger partial charge in [0, 0.05) is 24.5 Å². The van der Waals surface area contributed by atoms with Gasteiger partial charge in [-0.25, -0.2) is 4.98 Å². The largest absolute Gasteiger partial charge is 0.389 e. The Morgan fingerprint density at radius 2 is 2.19 bits per heavy atom. The number of imidazole rings is 1. The van der Waals surface area contributed by atoms with Crippen LogP contribution in [-0.2, 0) is 6.54 Å². The molecule has 0 bridgehead atoms. The molecule has 3 nitrogen and oxygen atoms in total. The summed E-state index contributed by atoms with van der Waals surface area (Å²) in [5.41, 5.74) is 7.75. The molecule has 0 unspecified atom stereocenters. The van der Waals surface area contributed by atoms with Gasteiger partial charge in [-0.1, -0.05) is 36.5 Å². The molecule has 0 spiro atoms. The van der Waals surface area contributed by atoms with Crippen molar-refractivity contribution in [3.63, 3.8) is 0 Å². The lowest BCUT2D eigenvalue weighted by Crippen LogP contribution is -2.14. The molecular formula is C12H13N3S. The molecule has 0 radical (unpaired) electrons. The van der Waals surface area contributed by atoms with Gasteiger partial charge in [0.15, 0.2) is 0 Å². The molecule has 0 aliphatic heterocycles. The maximum absolute atomic E-state index is 5.69. The molecule has 1 aromatic carbocycles. The number of hydrogen-bond acceptors (Lipinski definition) is 2. The van der Waals surface area contributed by atoms with Gasteiger partial charge in [-0.2, -0.15) is 0 Å². The van der Waals surface area contributed by atoms with Crippen LogP contribution in [0, 0.1) is 6.92 Å². The summed E-state index contributed by atoms with van der Waals surface area (Å²) < 4.78 is 2.07. The molecule has 2 aromatic rings. The van der Waals surface area contributed by atoms with Crippen molar-refractivity contribution >= 4 is 17.2 Å². The number of aryl methyl sites for hydroxylation is 1. The summed E-state index contributed by atoms with van der Waals surface area (Å²) in [6.45, 7) is 2.72. The first kappa shape index (κ1) is 10.8. The summed E-state index contributed by atoms with van der Waals surface area (Å²) in [6, 6.07) is 7.92. The van der Waals surface area contributed by atoms with E-state index in [4.69, 9.17) is 18.0 Å². The smallest absolute Gasteiger partial charge is 0.105 e. The van der Waals surface area contributed by atoms with Gasteiger partial charge in [-0.15, -0.1) is 0 Å². The third-order valence-electron chi connectivity index (χ3n) is 2.55. The number of nitrogens with zero attached hydrogens (tertiary/aromatic N) is 2. The lowest BCUT2D eigenvalue weighted by Gasteiger charge is -2.09. The van der Waals surface area contributed by atoms with Crippen molar-refractivity contribution in [1.82, 2.24) is 9.55 Å². The van der Waals surface area contributed by atoms with Crippen LogP contribution in [0.15, 0.2) is 36.7 Å². The third-order valence-corrected chi connectivity index (χ3v) is 2.77. The van der Waals surface area contributed by atoms with E-state index in [9.17, 15) is 0 Å². The Morgan fingerprint density at radius 3 is 2.81 bits per heavy atom. The van der Waals surface area contributed by atoms with Gasteiger partial charge in [0.2, 0.25) is 0 Å². The lowest BCUT2D eigenvalue weighted by atomic mass is 10.1. The predicted octanol–water partition coefficient (Wildman–Crippen LogP) is 1.87. The minimum Gasteiger partial charge on any atom is -0.389 e. The molecule has 1 aromatic heterocycles. The van der Waals surface area contributed by atoms with E-state index in [-0.39, 0.29) is 0 Å². The standard InChI is InChI=1S/C12H13N3S/c1-9-14-6-7-15(9)8-10-4-2-3-5-11(10)12(13)16/h2-7H,8H2,1H3,(H2,13,16). The van der Waals surface area contributed by atoms with Crippen molar-refractivity contribution in [2.45, 2.75) is 13.5 Å². The molecular weight excluding hydrogens is 218 g/mol. The third kappa shape index (κ3) is 2.12. The lowest BCUT2D eigenvalue weighted by molar-refractivity contribution is 0.761. The molecule has 0 fully saturated rings. The van der Waals surface area contributed by atoms with Gasteiger partial charge in [0.05, 0.1) is 0 Å². The van der Waals surface area contributed by atoms with Crippen LogP contribution in [0.2, 0.25) is 0 Å². The highest BCUT2D eigenvalue weighted by atomic mass is 32.1. The Morgan fingerprint density at radius 1 is 1.44 bits per heavy atom. The van der Waals surface area contributed by atoms with Crippen molar-refractivity contribution in [1.29, 1.82) is 0 Å². The number of thiocarbonyl (C=S) groups is 1. The van der Waals surface area contributed by atoms with Crippen LogP contribution in [0.4, 0.5) is 0 Å². The molecule has 1 heterocycles. The van der Waals surface area contributed by atoms with Gasteiger partial charge in [0.25, 0.3) is 0 Å². The molecule has 0 saturated heterocycles. The second kappa shape index (κ2) is 4.45. The fraction of sp³-hybridized carbons (Fsp3) is 0.167. The zero-order valence-corrected chi connectivity index (χ0v) is 9.87.